The Labute approximate surface area is 251 Å². The van der Waals surface area contributed by atoms with Crippen LogP contribution in [0.4, 0.5) is 0 Å². The average molecular weight is 616 g/mol. The van der Waals surface area contributed by atoms with Crippen LogP contribution >= 0.6 is 15.6 Å². The van der Waals surface area contributed by atoms with Crippen LogP contribution in [0.3, 0.4) is 0 Å². The predicted octanol–water partition coefficient (Wildman–Crippen LogP) is 6.45. The number of hydrogen-bond acceptors (Lipinski definition) is 4. The van der Waals surface area contributed by atoms with Gasteiger partial charge in [-0.3, -0.25) is 4.52 Å². The summed E-state index contributed by atoms with van der Waals surface area (Å²) in [5.74, 6) is 0. The zero-order chi connectivity index (χ0) is 29.7. The molecule has 40 heavy (non-hydrogen) atoms. The van der Waals surface area contributed by atoms with E-state index in [0.29, 0.717) is 11.1 Å². The summed E-state index contributed by atoms with van der Waals surface area (Å²) in [6.07, 6.45) is -1.14. The van der Waals surface area contributed by atoms with E-state index < -0.39 is 21.7 Å². The van der Waals surface area contributed by atoms with Crippen LogP contribution in [-0.4, -0.2) is 37.5 Å². The molecule has 2 aromatic carbocycles. The lowest BCUT2D eigenvalue weighted by atomic mass is 9.77. The van der Waals surface area contributed by atoms with Crippen molar-refractivity contribution < 1.29 is 38.1 Å². The molecule has 0 bridgehead atoms. The Morgan fingerprint density at radius 1 is 0.575 bits per heavy atom. The van der Waals surface area contributed by atoms with Crippen molar-refractivity contribution in [2.75, 3.05) is 0 Å². The molecular weight excluding hydrogens is 565 g/mol. The van der Waals surface area contributed by atoms with Crippen LogP contribution < -0.4 is 0 Å². The lowest BCUT2D eigenvalue weighted by molar-refractivity contribution is 0.147. The Hall–Kier alpha value is -0.808. The van der Waals surface area contributed by atoms with Gasteiger partial charge in [-0.1, -0.05) is 119 Å². The summed E-state index contributed by atoms with van der Waals surface area (Å²) in [4.78, 5) is 29.1. The molecule has 0 heterocycles. The quantitative estimate of drug-likeness (QED) is 0.250. The second-order valence-corrected chi connectivity index (χ2v) is 17.0. The minimum absolute atomic E-state index is 0. The lowest BCUT2D eigenvalue weighted by Gasteiger charge is -2.31. The van der Waals surface area contributed by atoms with Gasteiger partial charge in [0.25, 0.3) is 0 Å². The summed E-state index contributed by atoms with van der Waals surface area (Å²) >= 11 is 0. The third kappa shape index (κ3) is 11.1. The summed E-state index contributed by atoms with van der Waals surface area (Å²) in [7, 11) is -10.5. The van der Waals surface area contributed by atoms with E-state index in [0.717, 1.165) is 22.3 Å². The molecule has 0 amide bonds. The van der Waals surface area contributed by atoms with Crippen molar-refractivity contribution in [3.05, 3.63) is 69.8 Å². The zero-order valence-electron chi connectivity index (χ0n) is 26.4. The van der Waals surface area contributed by atoms with Crippen LogP contribution in [0.25, 0.3) is 0 Å². The van der Waals surface area contributed by atoms with Crippen molar-refractivity contribution in [3.63, 3.8) is 0 Å². The molecule has 1 atom stereocenters. The number of phosphoric acid groups is 2. The van der Waals surface area contributed by atoms with Crippen LogP contribution in [-0.2, 0) is 39.6 Å². The Morgan fingerprint density at radius 2 is 0.825 bits per heavy atom. The molecular formula is C29H50AlO8P2. The predicted molar refractivity (Wildman–Crippen MR) is 166 cm³/mol. The van der Waals surface area contributed by atoms with Crippen LogP contribution in [0.2, 0.25) is 0 Å². The van der Waals surface area contributed by atoms with Crippen molar-refractivity contribution in [2.45, 2.75) is 111 Å². The Kier molecular flexibility index (Phi) is 12.6. The normalized spacial score (nSPS) is 14.8. The first kappa shape index (κ1) is 39.2. The molecule has 5 N–H and O–H groups in total. The third-order valence-electron chi connectivity index (χ3n) is 6.43. The SMILES string of the molecule is CC(C)(C)c1cc(C(OP(=O)(O)OP(=O)(O)O)c2cc(C(C)(C)C)cc(C(C)(C)C)c2)cc(C(C)(C)C)c1.O.[AlH2]. The van der Waals surface area contributed by atoms with Gasteiger partial charge < -0.3 is 20.2 Å². The van der Waals surface area contributed by atoms with Gasteiger partial charge in [0, 0.05) is 0 Å². The molecule has 1 unspecified atom stereocenters. The molecule has 0 fully saturated rings. The smallest absolute Gasteiger partial charge is 0.412 e. The van der Waals surface area contributed by atoms with Gasteiger partial charge in [-0.05, 0) is 55.0 Å². The molecule has 2 aromatic rings. The van der Waals surface area contributed by atoms with Gasteiger partial charge in [-0.2, -0.15) is 4.31 Å². The number of benzene rings is 2. The largest absolute Gasteiger partial charge is 0.482 e. The van der Waals surface area contributed by atoms with Gasteiger partial charge in [0.1, 0.15) is 23.5 Å². The first-order valence-electron chi connectivity index (χ1n) is 12.8. The third-order valence-corrected chi connectivity index (χ3v) is 8.58. The summed E-state index contributed by atoms with van der Waals surface area (Å²) < 4.78 is 34.3. The minimum atomic E-state index is -5.31. The summed E-state index contributed by atoms with van der Waals surface area (Å²) in [6.45, 7) is 25.0. The van der Waals surface area contributed by atoms with E-state index in [1.54, 1.807) is 0 Å². The van der Waals surface area contributed by atoms with Crippen molar-refractivity contribution in [1.29, 1.82) is 0 Å². The highest BCUT2D eigenvalue weighted by molar-refractivity contribution is 7.60. The Morgan fingerprint density at radius 3 is 1.02 bits per heavy atom. The number of rotatable bonds is 6. The highest BCUT2D eigenvalue weighted by atomic mass is 31.3. The molecule has 0 saturated carbocycles. The number of hydrogen-bond donors (Lipinski definition) is 3. The molecule has 227 valence electrons. The van der Waals surface area contributed by atoms with E-state index in [1.165, 1.54) is 0 Å². The van der Waals surface area contributed by atoms with Crippen molar-refractivity contribution in [3.8, 4) is 0 Å². The minimum Gasteiger partial charge on any atom is -0.412 e. The summed E-state index contributed by atoms with van der Waals surface area (Å²) in [5, 5.41) is 0. The van der Waals surface area contributed by atoms with Crippen LogP contribution in [0.15, 0.2) is 36.4 Å². The fourth-order valence-electron chi connectivity index (χ4n) is 3.94. The molecule has 2 rings (SSSR count). The van der Waals surface area contributed by atoms with Crippen LogP contribution in [0, 0.1) is 0 Å². The zero-order valence-corrected chi connectivity index (χ0v) is 30.2. The van der Waals surface area contributed by atoms with E-state index in [9.17, 15) is 23.8 Å². The van der Waals surface area contributed by atoms with Gasteiger partial charge in [0.05, 0.1) is 0 Å². The molecule has 11 heteroatoms. The van der Waals surface area contributed by atoms with E-state index in [4.69, 9.17) is 4.52 Å². The lowest BCUT2D eigenvalue weighted by Crippen LogP contribution is -2.20. The first-order chi connectivity index (χ1) is 16.7. The van der Waals surface area contributed by atoms with Gasteiger partial charge >= 0.3 is 15.6 Å². The molecule has 0 spiro atoms. The topological polar surface area (TPSA) is 145 Å². The number of phosphoric ester groups is 1. The first-order valence-corrected chi connectivity index (χ1v) is 15.8. The van der Waals surface area contributed by atoms with Crippen molar-refractivity contribution in [2.24, 2.45) is 0 Å². The van der Waals surface area contributed by atoms with E-state index >= 15 is 0 Å². The van der Waals surface area contributed by atoms with Gasteiger partial charge in [0.15, 0.2) is 0 Å². The Bertz CT molecular complexity index is 1120. The van der Waals surface area contributed by atoms with Crippen LogP contribution in [0.5, 0.6) is 0 Å². The maximum Gasteiger partial charge on any atom is 0.482 e. The molecule has 0 aliphatic rings. The second kappa shape index (κ2) is 12.8. The molecule has 0 aliphatic carbocycles. The van der Waals surface area contributed by atoms with Crippen molar-refractivity contribution >= 4 is 33.0 Å². The molecule has 1 radical (unpaired) electrons. The highest BCUT2D eigenvalue weighted by Gasteiger charge is 2.37. The molecule has 0 aliphatic heterocycles. The summed E-state index contributed by atoms with van der Waals surface area (Å²) in [6, 6.07) is 12.0. The van der Waals surface area contributed by atoms with Gasteiger partial charge in [0.2, 0.25) is 0 Å². The average Bonchev–Trinajstić information content (AvgIpc) is 2.67. The Balaban J connectivity index is 0.00000760. The molecule has 0 saturated heterocycles. The van der Waals surface area contributed by atoms with E-state index in [1.807, 2.05) is 24.3 Å². The summed E-state index contributed by atoms with van der Waals surface area (Å²) in [5.41, 5.74) is 4.23. The fraction of sp³-hybridized carbons (Fsp3) is 0.586. The fourth-order valence-corrected chi connectivity index (χ4v) is 5.68. The maximum atomic E-state index is 12.9. The highest BCUT2D eigenvalue weighted by Crippen LogP contribution is 2.60. The molecule has 8 nitrogen and oxygen atoms in total. The molecule has 0 aromatic heterocycles. The maximum absolute atomic E-state index is 12.9. The van der Waals surface area contributed by atoms with Gasteiger partial charge in [-0.25, -0.2) is 9.13 Å². The van der Waals surface area contributed by atoms with Crippen LogP contribution in [0.1, 0.15) is 123 Å². The van der Waals surface area contributed by atoms with Gasteiger partial charge in [-0.15, -0.1) is 0 Å². The standard InChI is InChI=1S/C29H46O7P2.Al.H2O.2H/c1-26(2,3)21-13-19(14-22(17-21)27(4,5)6)25(35-38(33,34)36-37(30,31)32)20-15-23(28(7,8)9)18-24(16-20)29(10,11)12;;;;/h13-18,25H,1-12H3,(H,33,34)(H2,30,31,32);;1H2;;. The second-order valence-electron chi connectivity index (χ2n) is 14.2. The van der Waals surface area contributed by atoms with Crippen molar-refractivity contribution in [1.82, 2.24) is 0 Å². The van der Waals surface area contributed by atoms with E-state index in [2.05, 4.69) is 99.5 Å². The van der Waals surface area contributed by atoms with E-state index in [-0.39, 0.29) is 44.5 Å². The monoisotopic (exact) mass is 615 g/mol.